The van der Waals surface area contributed by atoms with Gasteiger partial charge in [-0.25, -0.2) is 4.79 Å². The molecule has 0 spiro atoms. The fraction of sp³-hybridized carbons (Fsp3) is 0.259. The van der Waals surface area contributed by atoms with Gasteiger partial charge in [0.25, 0.3) is 0 Å². The monoisotopic (exact) mass is 442 g/mol. The van der Waals surface area contributed by atoms with Crippen LogP contribution in [0.25, 0.3) is 0 Å². The third-order valence-corrected chi connectivity index (χ3v) is 5.84. The average molecular weight is 443 g/mol. The lowest BCUT2D eigenvalue weighted by atomic mass is 10.1. The SMILES string of the molecule is Cc1cccc(N(Cc2ccccc2)C(=O)CN2CCN(C(=O)Nc3ccccc3)CC2)c1. The summed E-state index contributed by atoms with van der Waals surface area (Å²) in [4.78, 5) is 31.7. The number of piperazine rings is 1. The van der Waals surface area contributed by atoms with Gasteiger partial charge in [-0.15, -0.1) is 0 Å². The zero-order valence-corrected chi connectivity index (χ0v) is 19.0. The second-order valence-electron chi connectivity index (χ2n) is 8.36. The Labute approximate surface area is 195 Å². The van der Waals surface area contributed by atoms with E-state index in [0.717, 1.165) is 22.5 Å². The molecule has 3 amide bonds. The van der Waals surface area contributed by atoms with Gasteiger partial charge < -0.3 is 15.1 Å². The highest BCUT2D eigenvalue weighted by Gasteiger charge is 2.25. The van der Waals surface area contributed by atoms with Gasteiger partial charge in [0.05, 0.1) is 13.1 Å². The van der Waals surface area contributed by atoms with Crippen LogP contribution in [0.2, 0.25) is 0 Å². The van der Waals surface area contributed by atoms with Gasteiger partial charge in [0.2, 0.25) is 5.91 Å². The van der Waals surface area contributed by atoms with Crippen molar-refractivity contribution in [3.63, 3.8) is 0 Å². The predicted octanol–water partition coefficient (Wildman–Crippen LogP) is 4.38. The van der Waals surface area contributed by atoms with Crippen LogP contribution < -0.4 is 10.2 Å². The van der Waals surface area contributed by atoms with Gasteiger partial charge in [-0.2, -0.15) is 0 Å². The van der Waals surface area contributed by atoms with Gasteiger partial charge in [0, 0.05) is 37.6 Å². The maximum Gasteiger partial charge on any atom is 0.321 e. The maximum absolute atomic E-state index is 13.4. The van der Waals surface area contributed by atoms with E-state index in [0.29, 0.717) is 39.3 Å². The Kier molecular flexibility index (Phi) is 7.37. The molecule has 170 valence electrons. The molecule has 0 saturated carbocycles. The van der Waals surface area contributed by atoms with Crippen molar-refractivity contribution in [1.82, 2.24) is 9.80 Å². The summed E-state index contributed by atoms with van der Waals surface area (Å²) in [5.41, 5.74) is 3.91. The molecule has 1 N–H and O–H groups in total. The minimum Gasteiger partial charge on any atom is -0.322 e. The molecule has 33 heavy (non-hydrogen) atoms. The molecular weight excluding hydrogens is 412 g/mol. The molecule has 1 fully saturated rings. The molecule has 1 aliphatic rings. The lowest BCUT2D eigenvalue weighted by molar-refractivity contribution is -0.120. The molecule has 6 heteroatoms. The quantitative estimate of drug-likeness (QED) is 0.617. The first kappa shape index (κ1) is 22.6. The predicted molar refractivity (Wildman–Crippen MR) is 132 cm³/mol. The number of nitrogens with zero attached hydrogens (tertiary/aromatic N) is 3. The van der Waals surface area contributed by atoms with Crippen molar-refractivity contribution in [1.29, 1.82) is 0 Å². The van der Waals surface area contributed by atoms with Crippen molar-refractivity contribution in [2.24, 2.45) is 0 Å². The van der Waals surface area contributed by atoms with E-state index in [4.69, 9.17) is 0 Å². The molecule has 0 aromatic heterocycles. The summed E-state index contributed by atoms with van der Waals surface area (Å²) in [6.07, 6.45) is 0. The molecule has 0 radical (unpaired) electrons. The van der Waals surface area contributed by atoms with E-state index < -0.39 is 0 Å². The number of rotatable bonds is 6. The summed E-state index contributed by atoms with van der Waals surface area (Å²) < 4.78 is 0. The van der Waals surface area contributed by atoms with Crippen LogP contribution in [0.5, 0.6) is 0 Å². The van der Waals surface area contributed by atoms with Crippen molar-refractivity contribution >= 4 is 23.3 Å². The zero-order chi connectivity index (χ0) is 23.0. The number of para-hydroxylation sites is 1. The fourth-order valence-electron chi connectivity index (χ4n) is 4.00. The molecule has 0 atom stereocenters. The Morgan fingerprint density at radius 1 is 0.848 bits per heavy atom. The zero-order valence-electron chi connectivity index (χ0n) is 19.0. The highest BCUT2D eigenvalue weighted by atomic mass is 16.2. The Morgan fingerprint density at radius 2 is 1.52 bits per heavy atom. The first-order chi connectivity index (χ1) is 16.1. The van der Waals surface area contributed by atoms with Crippen LogP contribution in [0.4, 0.5) is 16.2 Å². The third-order valence-electron chi connectivity index (χ3n) is 5.84. The van der Waals surface area contributed by atoms with Crippen LogP contribution in [0.15, 0.2) is 84.9 Å². The molecule has 4 rings (SSSR count). The number of urea groups is 1. The average Bonchev–Trinajstić information content (AvgIpc) is 2.84. The van der Waals surface area contributed by atoms with Crippen LogP contribution in [-0.2, 0) is 11.3 Å². The normalized spacial score (nSPS) is 14.0. The number of anilines is 2. The number of carbonyl (C=O) groups is 2. The Morgan fingerprint density at radius 3 is 2.18 bits per heavy atom. The molecule has 6 nitrogen and oxygen atoms in total. The van der Waals surface area contributed by atoms with Crippen molar-refractivity contribution < 1.29 is 9.59 Å². The Hall–Kier alpha value is -3.64. The minimum atomic E-state index is -0.0994. The number of benzene rings is 3. The summed E-state index contributed by atoms with van der Waals surface area (Å²) in [7, 11) is 0. The number of carbonyl (C=O) groups excluding carboxylic acids is 2. The fourth-order valence-corrected chi connectivity index (χ4v) is 4.00. The largest absolute Gasteiger partial charge is 0.322 e. The standard InChI is InChI=1S/C27H30N4O2/c1-22-9-8-14-25(19-22)31(20-23-10-4-2-5-11-23)26(32)21-29-15-17-30(18-16-29)27(33)28-24-12-6-3-7-13-24/h2-14,19H,15-18,20-21H2,1H3,(H,28,33). The van der Waals surface area contributed by atoms with Crippen molar-refractivity contribution in [3.05, 3.63) is 96.1 Å². The minimum absolute atomic E-state index is 0.0617. The van der Waals surface area contributed by atoms with E-state index in [1.165, 1.54) is 0 Å². The molecule has 1 heterocycles. The number of amides is 3. The molecule has 3 aromatic carbocycles. The summed E-state index contributed by atoms with van der Waals surface area (Å²) in [6.45, 7) is 5.41. The van der Waals surface area contributed by atoms with Crippen LogP contribution in [0.3, 0.4) is 0 Å². The summed E-state index contributed by atoms with van der Waals surface area (Å²) in [5, 5.41) is 2.93. The molecular formula is C27H30N4O2. The Bertz CT molecular complexity index is 1060. The number of hydrogen-bond acceptors (Lipinski definition) is 3. The second-order valence-corrected chi connectivity index (χ2v) is 8.36. The maximum atomic E-state index is 13.4. The smallest absolute Gasteiger partial charge is 0.321 e. The number of nitrogens with one attached hydrogen (secondary N) is 1. The van der Waals surface area contributed by atoms with Gasteiger partial charge >= 0.3 is 6.03 Å². The van der Waals surface area contributed by atoms with E-state index in [9.17, 15) is 9.59 Å². The van der Waals surface area contributed by atoms with Gasteiger partial charge in [-0.05, 0) is 42.3 Å². The topological polar surface area (TPSA) is 55.9 Å². The van der Waals surface area contributed by atoms with E-state index in [1.54, 1.807) is 4.90 Å². The van der Waals surface area contributed by atoms with Crippen LogP contribution >= 0.6 is 0 Å². The van der Waals surface area contributed by atoms with Crippen molar-refractivity contribution in [2.45, 2.75) is 13.5 Å². The second kappa shape index (κ2) is 10.8. The highest BCUT2D eigenvalue weighted by molar-refractivity contribution is 5.95. The third kappa shape index (κ3) is 6.20. The molecule has 0 unspecified atom stereocenters. The van der Waals surface area contributed by atoms with Crippen LogP contribution in [-0.4, -0.2) is 54.5 Å². The number of hydrogen-bond donors (Lipinski definition) is 1. The molecule has 3 aromatic rings. The summed E-state index contributed by atoms with van der Waals surface area (Å²) in [6, 6.07) is 27.5. The summed E-state index contributed by atoms with van der Waals surface area (Å²) >= 11 is 0. The molecule has 1 aliphatic heterocycles. The van der Waals surface area contributed by atoms with Gasteiger partial charge in [-0.3, -0.25) is 9.69 Å². The lowest BCUT2D eigenvalue weighted by Crippen LogP contribution is -2.52. The van der Waals surface area contributed by atoms with Gasteiger partial charge in [0.1, 0.15) is 0 Å². The van der Waals surface area contributed by atoms with Crippen LogP contribution in [0, 0.1) is 6.92 Å². The Balaban J connectivity index is 1.36. The highest BCUT2D eigenvalue weighted by Crippen LogP contribution is 2.20. The van der Waals surface area contributed by atoms with Crippen molar-refractivity contribution in [2.75, 3.05) is 42.9 Å². The van der Waals surface area contributed by atoms with E-state index in [1.807, 2.05) is 96.8 Å². The first-order valence-corrected chi connectivity index (χ1v) is 11.3. The summed E-state index contributed by atoms with van der Waals surface area (Å²) in [5.74, 6) is 0.0617. The first-order valence-electron chi connectivity index (χ1n) is 11.3. The molecule has 0 aliphatic carbocycles. The molecule has 0 bridgehead atoms. The van der Waals surface area contributed by atoms with E-state index in [-0.39, 0.29) is 11.9 Å². The van der Waals surface area contributed by atoms with Gasteiger partial charge in [-0.1, -0.05) is 60.7 Å². The van der Waals surface area contributed by atoms with E-state index in [2.05, 4.69) is 10.2 Å². The van der Waals surface area contributed by atoms with Gasteiger partial charge in [0.15, 0.2) is 0 Å². The van der Waals surface area contributed by atoms with Crippen LogP contribution in [0.1, 0.15) is 11.1 Å². The van der Waals surface area contributed by atoms with E-state index >= 15 is 0 Å². The molecule has 1 saturated heterocycles. The lowest BCUT2D eigenvalue weighted by Gasteiger charge is -2.35. The van der Waals surface area contributed by atoms with Crippen molar-refractivity contribution in [3.8, 4) is 0 Å². The number of aryl methyl sites for hydroxylation is 1.